The van der Waals surface area contributed by atoms with E-state index >= 15 is 0 Å². The van der Waals surface area contributed by atoms with Crippen molar-refractivity contribution in [1.29, 1.82) is 0 Å². The molecule has 1 aromatic rings. The van der Waals surface area contributed by atoms with Gasteiger partial charge in [-0.15, -0.1) is 0 Å². The molecular weight excluding hydrogens is 186 g/mol. The van der Waals surface area contributed by atoms with E-state index in [1.807, 2.05) is 46.8 Å². The molecule has 82 valence electrons. The summed E-state index contributed by atoms with van der Waals surface area (Å²) in [6.07, 6.45) is 0. The van der Waals surface area contributed by atoms with Crippen LogP contribution in [0.3, 0.4) is 0 Å². The van der Waals surface area contributed by atoms with Gasteiger partial charge < -0.3 is 4.74 Å². The number of ether oxygens (including phenoxy) is 1. The van der Waals surface area contributed by atoms with Crippen LogP contribution in [-0.4, -0.2) is 12.3 Å². The summed E-state index contributed by atoms with van der Waals surface area (Å²) in [6, 6.07) is 4.08. The smallest absolute Gasteiger partial charge is 0.148 e. The molecule has 0 spiro atoms. The van der Waals surface area contributed by atoms with Gasteiger partial charge in [-0.3, -0.25) is 4.99 Å². The number of hydrogen-bond donors (Lipinski definition) is 0. The highest BCUT2D eigenvalue weighted by atomic mass is 16.5. The van der Waals surface area contributed by atoms with Gasteiger partial charge in [0.15, 0.2) is 0 Å². The van der Waals surface area contributed by atoms with Crippen LogP contribution in [-0.2, 0) is 0 Å². The molecule has 2 nitrogen and oxygen atoms in total. The van der Waals surface area contributed by atoms with Crippen LogP contribution in [0.1, 0.15) is 31.9 Å². The molecule has 0 fully saturated rings. The quantitative estimate of drug-likeness (QED) is 0.673. The molecule has 0 unspecified atom stereocenters. The molecule has 0 bridgehead atoms. The summed E-state index contributed by atoms with van der Waals surface area (Å²) in [5, 5.41) is 0. The zero-order valence-corrected chi connectivity index (χ0v) is 10.2. The Balaban J connectivity index is 3.25. The van der Waals surface area contributed by atoms with Gasteiger partial charge in [0.25, 0.3) is 0 Å². The van der Waals surface area contributed by atoms with E-state index in [9.17, 15) is 0 Å². The number of rotatable bonds is 2. The lowest BCUT2D eigenvalue weighted by molar-refractivity contribution is 0.130. The van der Waals surface area contributed by atoms with Crippen molar-refractivity contribution in [2.24, 2.45) is 4.99 Å². The van der Waals surface area contributed by atoms with Gasteiger partial charge in [-0.1, -0.05) is 12.1 Å². The van der Waals surface area contributed by atoms with Crippen LogP contribution in [0.2, 0.25) is 0 Å². The van der Waals surface area contributed by atoms with Gasteiger partial charge in [0, 0.05) is 0 Å². The first-order valence-corrected chi connectivity index (χ1v) is 5.11. The van der Waals surface area contributed by atoms with Gasteiger partial charge in [-0.2, -0.15) is 0 Å². The molecule has 0 aliphatic rings. The van der Waals surface area contributed by atoms with Crippen molar-refractivity contribution >= 4 is 12.4 Å². The number of aryl methyl sites for hydroxylation is 2. The minimum atomic E-state index is -0.210. The zero-order valence-electron chi connectivity index (χ0n) is 10.2. The highest BCUT2D eigenvalue weighted by molar-refractivity contribution is 5.63. The summed E-state index contributed by atoms with van der Waals surface area (Å²) in [5.74, 6) is 0.845. The van der Waals surface area contributed by atoms with E-state index in [1.54, 1.807) is 0 Å². The zero-order chi connectivity index (χ0) is 11.6. The van der Waals surface area contributed by atoms with Crippen molar-refractivity contribution in [3.63, 3.8) is 0 Å². The molecule has 0 radical (unpaired) electrons. The molecule has 1 rings (SSSR count). The Morgan fingerprint density at radius 2 is 1.67 bits per heavy atom. The lowest BCUT2D eigenvalue weighted by Crippen LogP contribution is -2.23. The normalized spacial score (nSPS) is 11.3. The molecule has 0 atom stereocenters. The second-order valence-corrected chi connectivity index (χ2v) is 4.75. The highest BCUT2D eigenvalue weighted by Crippen LogP contribution is 2.36. The van der Waals surface area contributed by atoms with Gasteiger partial charge >= 0.3 is 0 Å². The van der Waals surface area contributed by atoms with Gasteiger partial charge in [0.2, 0.25) is 0 Å². The van der Waals surface area contributed by atoms with E-state index < -0.39 is 0 Å². The molecule has 0 aliphatic carbocycles. The van der Waals surface area contributed by atoms with Crippen LogP contribution in [0.15, 0.2) is 17.1 Å². The first-order chi connectivity index (χ1) is 6.85. The molecule has 0 saturated carbocycles. The third-order valence-corrected chi connectivity index (χ3v) is 2.10. The third-order valence-electron chi connectivity index (χ3n) is 2.10. The summed E-state index contributed by atoms with van der Waals surface area (Å²) in [5.41, 5.74) is 2.83. The van der Waals surface area contributed by atoms with Crippen molar-refractivity contribution in [2.45, 2.75) is 40.2 Å². The van der Waals surface area contributed by atoms with E-state index in [0.717, 1.165) is 22.6 Å². The van der Waals surface area contributed by atoms with E-state index in [2.05, 4.69) is 11.7 Å². The van der Waals surface area contributed by atoms with Crippen molar-refractivity contribution in [3.05, 3.63) is 23.3 Å². The molecule has 0 amide bonds. The molecular formula is C13H19NO. The number of benzene rings is 1. The molecule has 0 aliphatic heterocycles. The van der Waals surface area contributed by atoms with Gasteiger partial charge in [0.1, 0.15) is 17.0 Å². The van der Waals surface area contributed by atoms with E-state index in [4.69, 9.17) is 4.74 Å². The standard InChI is InChI=1S/C13H19NO/c1-9-7-8-10(2)12(11(9)14-6)15-13(3,4)5/h7-8H,6H2,1-5H3. The molecule has 1 aromatic carbocycles. The largest absolute Gasteiger partial charge is 0.486 e. The average Bonchev–Trinajstić information content (AvgIpc) is 2.10. The Morgan fingerprint density at radius 1 is 1.13 bits per heavy atom. The van der Waals surface area contributed by atoms with Crippen molar-refractivity contribution in [3.8, 4) is 5.75 Å². The van der Waals surface area contributed by atoms with Gasteiger partial charge in [-0.05, 0) is 52.5 Å². The Labute approximate surface area is 92.0 Å². The molecule has 0 heterocycles. The maximum absolute atomic E-state index is 5.90. The fourth-order valence-corrected chi connectivity index (χ4v) is 1.40. The Morgan fingerprint density at radius 3 is 2.13 bits per heavy atom. The highest BCUT2D eigenvalue weighted by Gasteiger charge is 2.17. The number of hydrogen-bond acceptors (Lipinski definition) is 2. The maximum Gasteiger partial charge on any atom is 0.148 e. The topological polar surface area (TPSA) is 21.6 Å². The van der Waals surface area contributed by atoms with Gasteiger partial charge in [-0.25, -0.2) is 0 Å². The second-order valence-electron chi connectivity index (χ2n) is 4.75. The Hall–Kier alpha value is -1.31. The van der Waals surface area contributed by atoms with E-state index in [-0.39, 0.29) is 5.60 Å². The SMILES string of the molecule is C=Nc1c(C)ccc(C)c1OC(C)(C)C. The Kier molecular flexibility index (Phi) is 3.18. The van der Waals surface area contributed by atoms with Crippen LogP contribution >= 0.6 is 0 Å². The maximum atomic E-state index is 5.90. The molecule has 0 N–H and O–H groups in total. The fraction of sp³-hybridized carbons (Fsp3) is 0.462. The fourth-order valence-electron chi connectivity index (χ4n) is 1.40. The third kappa shape index (κ3) is 2.82. The van der Waals surface area contributed by atoms with Crippen LogP contribution < -0.4 is 4.74 Å². The summed E-state index contributed by atoms with van der Waals surface area (Å²) in [7, 11) is 0. The summed E-state index contributed by atoms with van der Waals surface area (Å²) in [4.78, 5) is 4.04. The van der Waals surface area contributed by atoms with Crippen molar-refractivity contribution in [1.82, 2.24) is 0 Å². The monoisotopic (exact) mass is 205 g/mol. The van der Waals surface area contributed by atoms with Gasteiger partial charge in [0.05, 0.1) is 0 Å². The summed E-state index contributed by atoms with van der Waals surface area (Å²) in [6.45, 7) is 13.7. The number of nitrogens with zero attached hydrogens (tertiary/aromatic N) is 1. The predicted octanol–water partition coefficient (Wildman–Crippen LogP) is 3.81. The first kappa shape index (κ1) is 11.8. The van der Waals surface area contributed by atoms with E-state index in [0.29, 0.717) is 0 Å². The molecule has 15 heavy (non-hydrogen) atoms. The minimum Gasteiger partial charge on any atom is -0.486 e. The number of aliphatic imine (C=N–C) groups is 1. The first-order valence-electron chi connectivity index (χ1n) is 5.11. The molecule has 0 aromatic heterocycles. The second kappa shape index (κ2) is 4.05. The van der Waals surface area contributed by atoms with Crippen molar-refractivity contribution < 1.29 is 4.74 Å². The van der Waals surface area contributed by atoms with Crippen LogP contribution in [0, 0.1) is 13.8 Å². The Bertz CT molecular complexity index is 375. The minimum absolute atomic E-state index is 0.210. The average molecular weight is 205 g/mol. The van der Waals surface area contributed by atoms with Crippen LogP contribution in [0.5, 0.6) is 5.75 Å². The van der Waals surface area contributed by atoms with Crippen LogP contribution in [0.4, 0.5) is 5.69 Å². The molecule has 2 heteroatoms. The lowest BCUT2D eigenvalue weighted by Gasteiger charge is -2.24. The van der Waals surface area contributed by atoms with E-state index in [1.165, 1.54) is 0 Å². The van der Waals surface area contributed by atoms with Crippen molar-refractivity contribution in [2.75, 3.05) is 0 Å². The van der Waals surface area contributed by atoms with Crippen LogP contribution in [0.25, 0.3) is 0 Å². The lowest BCUT2D eigenvalue weighted by atomic mass is 10.1. The summed E-state index contributed by atoms with van der Waals surface area (Å²) < 4.78 is 5.90. The predicted molar refractivity (Wildman–Crippen MR) is 65.5 cm³/mol. The summed E-state index contributed by atoms with van der Waals surface area (Å²) >= 11 is 0. The molecule has 0 saturated heterocycles.